The van der Waals surface area contributed by atoms with Crippen molar-refractivity contribution in [1.29, 1.82) is 0 Å². The highest BCUT2D eigenvalue weighted by Gasteiger charge is 2.15. The number of morpholine rings is 1. The minimum absolute atomic E-state index is 0.273. The van der Waals surface area contributed by atoms with E-state index < -0.39 is 0 Å². The second-order valence-electron chi connectivity index (χ2n) is 6.14. The van der Waals surface area contributed by atoms with Crippen LogP contribution in [0.15, 0.2) is 60.8 Å². The Hall–Kier alpha value is -3.19. The van der Waals surface area contributed by atoms with Crippen molar-refractivity contribution < 1.29 is 9.13 Å². The Morgan fingerprint density at radius 1 is 0.926 bits per heavy atom. The first kappa shape index (κ1) is 17.2. The maximum atomic E-state index is 13.0. The zero-order valence-corrected chi connectivity index (χ0v) is 14.7. The Morgan fingerprint density at radius 3 is 2.52 bits per heavy atom. The van der Waals surface area contributed by atoms with Crippen LogP contribution in [0.2, 0.25) is 0 Å². The van der Waals surface area contributed by atoms with Crippen molar-refractivity contribution in [3.05, 3.63) is 66.6 Å². The van der Waals surface area contributed by atoms with Gasteiger partial charge in [-0.1, -0.05) is 12.1 Å². The standard InChI is InChI=1S/C20H20FN5O/c21-15-5-7-16(8-6-15)23-19-9-10-22-20(25-19)24-17-3-1-2-4-18(17)26-11-13-27-14-12-26/h1-10H,11-14H2,(H2,22,23,24,25). The van der Waals surface area contributed by atoms with Crippen molar-refractivity contribution in [3.8, 4) is 0 Å². The van der Waals surface area contributed by atoms with E-state index in [2.05, 4.69) is 31.6 Å². The topological polar surface area (TPSA) is 62.3 Å². The normalized spacial score (nSPS) is 14.0. The number of para-hydroxylation sites is 2. The molecule has 7 heteroatoms. The quantitative estimate of drug-likeness (QED) is 0.714. The molecule has 2 aromatic carbocycles. The van der Waals surface area contributed by atoms with Crippen molar-refractivity contribution in [3.63, 3.8) is 0 Å². The van der Waals surface area contributed by atoms with E-state index in [-0.39, 0.29) is 5.82 Å². The van der Waals surface area contributed by atoms with Crippen LogP contribution < -0.4 is 15.5 Å². The number of benzene rings is 2. The Labute approximate surface area is 157 Å². The number of ether oxygens (including phenoxy) is 1. The summed E-state index contributed by atoms with van der Waals surface area (Å²) in [6, 6.07) is 16.0. The monoisotopic (exact) mass is 365 g/mol. The van der Waals surface area contributed by atoms with Crippen LogP contribution in [0.25, 0.3) is 0 Å². The van der Waals surface area contributed by atoms with Crippen LogP contribution in [-0.4, -0.2) is 36.3 Å². The summed E-state index contributed by atoms with van der Waals surface area (Å²) in [6.45, 7) is 3.15. The summed E-state index contributed by atoms with van der Waals surface area (Å²) in [5.41, 5.74) is 2.80. The molecule has 0 aliphatic carbocycles. The van der Waals surface area contributed by atoms with Crippen LogP contribution in [0, 0.1) is 5.82 Å². The van der Waals surface area contributed by atoms with Gasteiger partial charge in [0.1, 0.15) is 11.6 Å². The van der Waals surface area contributed by atoms with Gasteiger partial charge in [0, 0.05) is 25.0 Å². The molecular formula is C20H20FN5O. The van der Waals surface area contributed by atoms with Crippen molar-refractivity contribution >= 4 is 28.8 Å². The van der Waals surface area contributed by atoms with Crippen LogP contribution in [0.3, 0.4) is 0 Å². The number of rotatable bonds is 5. The Balaban J connectivity index is 1.52. The highest BCUT2D eigenvalue weighted by Crippen LogP contribution is 2.28. The fraction of sp³-hybridized carbons (Fsp3) is 0.200. The van der Waals surface area contributed by atoms with Gasteiger partial charge in [0.25, 0.3) is 0 Å². The Kier molecular flexibility index (Phi) is 5.11. The highest BCUT2D eigenvalue weighted by molar-refractivity contribution is 5.74. The molecule has 0 radical (unpaired) electrons. The number of anilines is 5. The van der Waals surface area contributed by atoms with Crippen LogP contribution in [0.4, 0.5) is 33.2 Å². The average molecular weight is 365 g/mol. The van der Waals surface area contributed by atoms with Crippen LogP contribution in [0.5, 0.6) is 0 Å². The van der Waals surface area contributed by atoms with Crippen LogP contribution in [0.1, 0.15) is 0 Å². The van der Waals surface area contributed by atoms with Gasteiger partial charge in [0.05, 0.1) is 24.6 Å². The molecule has 0 unspecified atom stereocenters. The zero-order valence-electron chi connectivity index (χ0n) is 14.7. The lowest BCUT2D eigenvalue weighted by Gasteiger charge is -2.30. The summed E-state index contributed by atoms with van der Waals surface area (Å²) in [7, 11) is 0. The first-order chi connectivity index (χ1) is 13.3. The van der Waals surface area contributed by atoms with E-state index in [9.17, 15) is 4.39 Å². The third-order valence-electron chi connectivity index (χ3n) is 4.27. The molecule has 4 rings (SSSR count). The fourth-order valence-corrected chi connectivity index (χ4v) is 2.95. The first-order valence-electron chi connectivity index (χ1n) is 8.82. The molecule has 1 aliphatic rings. The van der Waals surface area contributed by atoms with E-state index in [4.69, 9.17) is 4.74 Å². The molecule has 1 fully saturated rings. The second kappa shape index (κ2) is 8.01. The molecule has 6 nitrogen and oxygen atoms in total. The molecule has 0 spiro atoms. The summed E-state index contributed by atoms with van der Waals surface area (Å²) >= 11 is 0. The van der Waals surface area contributed by atoms with Gasteiger partial charge < -0.3 is 20.3 Å². The maximum absolute atomic E-state index is 13.0. The number of hydrogen-bond acceptors (Lipinski definition) is 6. The van der Waals surface area contributed by atoms with Crippen molar-refractivity contribution in [2.45, 2.75) is 0 Å². The largest absolute Gasteiger partial charge is 0.378 e. The van der Waals surface area contributed by atoms with Crippen molar-refractivity contribution in [1.82, 2.24) is 9.97 Å². The van der Waals surface area contributed by atoms with Crippen molar-refractivity contribution in [2.75, 3.05) is 41.8 Å². The number of nitrogens with zero attached hydrogens (tertiary/aromatic N) is 3. The van der Waals surface area contributed by atoms with E-state index in [1.165, 1.54) is 12.1 Å². The minimum atomic E-state index is -0.273. The van der Waals surface area contributed by atoms with E-state index in [0.717, 1.165) is 43.4 Å². The predicted octanol–water partition coefficient (Wildman–Crippen LogP) is 3.94. The van der Waals surface area contributed by atoms with Gasteiger partial charge in [-0.2, -0.15) is 4.98 Å². The van der Waals surface area contributed by atoms with Gasteiger partial charge in [-0.3, -0.25) is 0 Å². The van der Waals surface area contributed by atoms with Gasteiger partial charge in [0.2, 0.25) is 5.95 Å². The van der Waals surface area contributed by atoms with Crippen molar-refractivity contribution in [2.24, 2.45) is 0 Å². The maximum Gasteiger partial charge on any atom is 0.229 e. The number of nitrogens with one attached hydrogen (secondary N) is 2. The molecule has 2 N–H and O–H groups in total. The number of aromatic nitrogens is 2. The molecule has 2 heterocycles. The third kappa shape index (κ3) is 4.32. The molecule has 3 aromatic rings. The molecule has 0 amide bonds. The summed E-state index contributed by atoms with van der Waals surface area (Å²) in [4.78, 5) is 11.1. The molecule has 0 atom stereocenters. The first-order valence-corrected chi connectivity index (χ1v) is 8.82. The van der Waals surface area contributed by atoms with Gasteiger partial charge >= 0.3 is 0 Å². The molecule has 1 saturated heterocycles. The minimum Gasteiger partial charge on any atom is -0.378 e. The molecule has 1 aliphatic heterocycles. The molecular weight excluding hydrogens is 345 g/mol. The lowest BCUT2D eigenvalue weighted by Crippen LogP contribution is -2.36. The zero-order chi connectivity index (χ0) is 18.5. The smallest absolute Gasteiger partial charge is 0.229 e. The van der Waals surface area contributed by atoms with E-state index in [1.54, 1.807) is 24.4 Å². The van der Waals surface area contributed by atoms with Gasteiger partial charge in [0.15, 0.2) is 0 Å². The fourth-order valence-electron chi connectivity index (χ4n) is 2.95. The number of halogens is 1. The van der Waals surface area contributed by atoms with Crippen LogP contribution >= 0.6 is 0 Å². The van der Waals surface area contributed by atoms with Crippen LogP contribution in [-0.2, 0) is 4.74 Å². The third-order valence-corrected chi connectivity index (χ3v) is 4.27. The summed E-state index contributed by atoms with van der Waals surface area (Å²) in [5.74, 6) is 0.844. The number of hydrogen-bond donors (Lipinski definition) is 2. The summed E-state index contributed by atoms with van der Waals surface area (Å²) < 4.78 is 18.5. The average Bonchev–Trinajstić information content (AvgIpc) is 2.71. The Morgan fingerprint density at radius 2 is 1.70 bits per heavy atom. The predicted molar refractivity (Wildman–Crippen MR) is 104 cm³/mol. The van der Waals surface area contributed by atoms with E-state index in [0.29, 0.717) is 11.8 Å². The lowest BCUT2D eigenvalue weighted by atomic mass is 10.2. The molecule has 1 aromatic heterocycles. The summed E-state index contributed by atoms with van der Waals surface area (Å²) in [5, 5.41) is 6.45. The van der Waals surface area contributed by atoms with Gasteiger partial charge in [-0.25, -0.2) is 9.37 Å². The SMILES string of the molecule is Fc1ccc(Nc2ccnc(Nc3ccccc3N3CCOCC3)n2)cc1. The Bertz CT molecular complexity index is 897. The van der Waals surface area contributed by atoms with Gasteiger partial charge in [-0.05, 0) is 42.5 Å². The van der Waals surface area contributed by atoms with Gasteiger partial charge in [-0.15, -0.1) is 0 Å². The molecule has 27 heavy (non-hydrogen) atoms. The molecule has 0 saturated carbocycles. The second-order valence-corrected chi connectivity index (χ2v) is 6.14. The molecule has 0 bridgehead atoms. The van der Waals surface area contributed by atoms with E-state index in [1.807, 2.05) is 18.2 Å². The summed E-state index contributed by atoms with van der Waals surface area (Å²) in [6.07, 6.45) is 1.68. The lowest BCUT2D eigenvalue weighted by molar-refractivity contribution is 0.123. The highest BCUT2D eigenvalue weighted by atomic mass is 19.1. The molecule has 138 valence electrons. The van der Waals surface area contributed by atoms with E-state index >= 15 is 0 Å².